The van der Waals surface area contributed by atoms with Gasteiger partial charge in [-0.2, -0.15) is 4.98 Å². The van der Waals surface area contributed by atoms with Gasteiger partial charge in [-0.25, -0.2) is 4.79 Å². The molecule has 0 spiro atoms. The van der Waals surface area contributed by atoms with Crippen molar-refractivity contribution in [2.75, 3.05) is 18.9 Å². The molecule has 0 unspecified atom stereocenters. The maximum atomic E-state index is 12.0. The number of aliphatic hydroxyl groups is 2. The third-order valence-electron chi connectivity index (χ3n) is 3.35. The van der Waals surface area contributed by atoms with Gasteiger partial charge in [-0.1, -0.05) is 6.08 Å². The van der Waals surface area contributed by atoms with Gasteiger partial charge in [-0.05, 0) is 6.92 Å². The van der Waals surface area contributed by atoms with E-state index in [2.05, 4.69) is 11.6 Å². The molecule has 4 atom stereocenters. The van der Waals surface area contributed by atoms with Gasteiger partial charge in [0.15, 0.2) is 6.23 Å². The summed E-state index contributed by atoms with van der Waals surface area (Å²) in [5.41, 5.74) is 5.57. The molecule has 1 aromatic heterocycles. The largest absolute Gasteiger partial charge is 0.394 e. The molecule has 1 aliphatic heterocycles. The average Bonchev–Trinajstić information content (AvgIpc) is 2.77. The summed E-state index contributed by atoms with van der Waals surface area (Å²) in [5, 5.41) is 19.3. The first-order chi connectivity index (χ1) is 9.99. The van der Waals surface area contributed by atoms with E-state index in [1.165, 1.54) is 16.8 Å². The molecule has 0 bridgehead atoms. The molecule has 0 aromatic carbocycles. The second-order valence-corrected chi connectivity index (χ2v) is 4.82. The quantitative estimate of drug-likeness (QED) is 0.593. The van der Waals surface area contributed by atoms with E-state index in [0.29, 0.717) is 5.56 Å². The lowest BCUT2D eigenvalue weighted by Crippen LogP contribution is -2.38. The minimum atomic E-state index is -1.07. The van der Waals surface area contributed by atoms with E-state index in [-0.39, 0.29) is 19.0 Å². The first-order valence-electron chi connectivity index (χ1n) is 6.51. The van der Waals surface area contributed by atoms with E-state index >= 15 is 0 Å². The van der Waals surface area contributed by atoms with Gasteiger partial charge in [0, 0.05) is 11.8 Å². The van der Waals surface area contributed by atoms with Crippen LogP contribution in [0.1, 0.15) is 11.8 Å². The normalized spacial score (nSPS) is 28.7. The van der Waals surface area contributed by atoms with Crippen LogP contribution in [0.4, 0.5) is 5.82 Å². The number of aryl methyl sites for hydroxylation is 1. The second-order valence-electron chi connectivity index (χ2n) is 4.82. The summed E-state index contributed by atoms with van der Waals surface area (Å²) in [6.45, 7) is 5.02. The van der Waals surface area contributed by atoms with E-state index in [4.69, 9.17) is 15.2 Å². The lowest BCUT2D eigenvalue weighted by Gasteiger charge is -2.22. The number of nitrogens with zero attached hydrogens (tertiary/aromatic N) is 2. The molecule has 1 saturated heterocycles. The summed E-state index contributed by atoms with van der Waals surface area (Å²) in [6, 6.07) is 0. The molecule has 4 N–H and O–H groups in total. The Hall–Kier alpha value is -1.74. The van der Waals surface area contributed by atoms with Crippen molar-refractivity contribution in [3.05, 3.63) is 34.9 Å². The van der Waals surface area contributed by atoms with Crippen LogP contribution in [0.2, 0.25) is 0 Å². The zero-order valence-electron chi connectivity index (χ0n) is 11.7. The fraction of sp³-hybridized carbons (Fsp3) is 0.538. The zero-order valence-corrected chi connectivity index (χ0v) is 11.7. The van der Waals surface area contributed by atoms with Crippen LogP contribution in [0.15, 0.2) is 23.6 Å². The van der Waals surface area contributed by atoms with Crippen molar-refractivity contribution in [3.63, 3.8) is 0 Å². The molecule has 21 heavy (non-hydrogen) atoms. The van der Waals surface area contributed by atoms with Crippen LogP contribution in [0.3, 0.4) is 0 Å². The standard InChI is InChI=1S/C13H19N3O5/c1-3-4-20-10-9(18)8(6-17)21-12(10)16-5-7(2)11(14)15-13(16)19/h3,5,8-10,12,17-18H,1,4,6H2,2H3,(H2,14,15,19)/t8-,9-,10-,12-/m1/s1. The van der Waals surface area contributed by atoms with Gasteiger partial charge in [-0.3, -0.25) is 4.57 Å². The Morgan fingerprint density at radius 3 is 3.00 bits per heavy atom. The van der Waals surface area contributed by atoms with E-state index in [1.54, 1.807) is 6.92 Å². The van der Waals surface area contributed by atoms with Crippen LogP contribution < -0.4 is 11.4 Å². The number of hydrogen-bond acceptors (Lipinski definition) is 7. The van der Waals surface area contributed by atoms with Gasteiger partial charge in [-0.15, -0.1) is 6.58 Å². The van der Waals surface area contributed by atoms with Crippen LogP contribution in [0.5, 0.6) is 0 Å². The number of aliphatic hydroxyl groups excluding tert-OH is 2. The van der Waals surface area contributed by atoms with Crippen molar-refractivity contribution < 1.29 is 19.7 Å². The molecular formula is C13H19N3O5. The summed E-state index contributed by atoms with van der Waals surface area (Å²) in [6.07, 6.45) is -0.601. The summed E-state index contributed by atoms with van der Waals surface area (Å²) in [7, 11) is 0. The number of aromatic nitrogens is 2. The van der Waals surface area contributed by atoms with Crippen molar-refractivity contribution in [1.82, 2.24) is 9.55 Å². The van der Waals surface area contributed by atoms with Crippen molar-refractivity contribution in [1.29, 1.82) is 0 Å². The maximum absolute atomic E-state index is 12.0. The molecule has 0 aliphatic carbocycles. The lowest BCUT2D eigenvalue weighted by molar-refractivity contribution is -0.0686. The number of hydrogen-bond donors (Lipinski definition) is 3. The molecule has 1 aromatic rings. The third-order valence-corrected chi connectivity index (χ3v) is 3.35. The Morgan fingerprint density at radius 2 is 2.38 bits per heavy atom. The topological polar surface area (TPSA) is 120 Å². The number of ether oxygens (including phenoxy) is 2. The van der Waals surface area contributed by atoms with Crippen molar-refractivity contribution in [2.24, 2.45) is 0 Å². The zero-order chi connectivity index (χ0) is 15.6. The minimum absolute atomic E-state index is 0.136. The summed E-state index contributed by atoms with van der Waals surface area (Å²) in [5.74, 6) is 0.136. The molecule has 1 fully saturated rings. The number of rotatable bonds is 5. The van der Waals surface area contributed by atoms with Gasteiger partial charge in [0.25, 0.3) is 0 Å². The van der Waals surface area contributed by atoms with E-state index in [9.17, 15) is 15.0 Å². The van der Waals surface area contributed by atoms with Gasteiger partial charge < -0.3 is 25.4 Å². The predicted molar refractivity (Wildman–Crippen MR) is 74.6 cm³/mol. The summed E-state index contributed by atoms with van der Waals surface area (Å²) in [4.78, 5) is 15.7. The highest BCUT2D eigenvalue weighted by atomic mass is 16.6. The smallest absolute Gasteiger partial charge is 0.351 e. The number of anilines is 1. The molecular weight excluding hydrogens is 278 g/mol. The number of nitrogens with two attached hydrogens (primary N) is 1. The predicted octanol–water partition coefficient (Wildman–Crippen LogP) is -1.04. The van der Waals surface area contributed by atoms with Crippen LogP contribution in [0.25, 0.3) is 0 Å². The van der Waals surface area contributed by atoms with Gasteiger partial charge >= 0.3 is 5.69 Å². The molecule has 2 rings (SSSR count). The molecule has 8 heteroatoms. The third kappa shape index (κ3) is 2.98. The van der Waals surface area contributed by atoms with Crippen LogP contribution in [-0.4, -0.2) is 51.3 Å². The SMILES string of the molecule is C=CCO[C@@H]1[C@H](O)[C@@H](CO)O[C@H]1n1cc(C)c(N)nc1=O. The summed E-state index contributed by atoms with van der Waals surface area (Å²) < 4.78 is 12.2. The molecule has 0 radical (unpaired) electrons. The van der Waals surface area contributed by atoms with Gasteiger partial charge in [0.1, 0.15) is 24.1 Å². The van der Waals surface area contributed by atoms with Crippen molar-refractivity contribution in [3.8, 4) is 0 Å². The Morgan fingerprint density at radius 1 is 1.67 bits per heavy atom. The first-order valence-corrected chi connectivity index (χ1v) is 6.51. The Bertz CT molecular complexity index is 573. The van der Waals surface area contributed by atoms with Crippen molar-refractivity contribution in [2.45, 2.75) is 31.5 Å². The molecule has 0 amide bonds. The average molecular weight is 297 g/mol. The highest BCUT2D eigenvalue weighted by Crippen LogP contribution is 2.31. The Kier molecular flexibility index (Phi) is 4.73. The molecule has 0 saturated carbocycles. The maximum Gasteiger partial charge on any atom is 0.351 e. The molecule has 1 aliphatic rings. The number of nitrogen functional groups attached to an aromatic ring is 1. The summed E-state index contributed by atoms with van der Waals surface area (Å²) >= 11 is 0. The van der Waals surface area contributed by atoms with Crippen LogP contribution in [0, 0.1) is 6.92 Å². The second kappa shape index (κ2) is 6.35. The Balaban J connectivity index is 2.37. The first kappa shape index (κ1) is 15.6. The lowest BCUT2D eigenvalue weighted by atomic mass is 10.1. The fourth-order valence-electron chi connectivity index (χ4n) is 2.21. The van der Waals surface area contributed by atoms with E-state index in [0.717, 1.165) is 0 Å². The highest BCUT2D eigenvalue weighted by molar-refractivity contribution is 5.35. The van der Waals surface area contributed by atoms with Crippen molar-refractivity contribution >= 4 is 5.82 Å². The van der Waals surface area contributed by atoms with E-state index < -0.39 is 30.2 Å². The Labute approximate surface area is 121 Å². The van der Waals surface area contributed by atoms with Gasteiger partial charge in [0.2, 0.25) is 0 Å². The molecule has 2 heterocycles. The fourth-order valence-corrected chi connectivity index (χ4v) is 2.21. The van der Waals surface area contributed by atoms with E-state index in [1.807, 2.05) is 0 Å². The highest BCUT2D eigenvalue weighted by Gasteiger charge is 2.45. The molecule has 8 nitrogen and oxygen atoms in total. The van der Waals surface area contributed by atoms with Crippen LogP contribution in [-0.2, 0) is 9.47 Å². The van der Waals surface area contributed by atoms with Gasteiger partial charge in [0.05, 0.1) is 13.2 Å². The monoisotopic (exact) mass is 297 g/mol. The minimum Gasteiger partial charge on any atom is -0.394 e. The van der Waals surface area contributed by atoms with Crippen LogP contribution >= 0.6 is 0 Å². The molecule has 116 valence electrons.